The van der Waals surface area contributed by atoms with E-state index in [0.29, 0.717) is 18.5 Å². The van der Waals surface area contributed by atoms with Gasteiger partial charge in [0.15, 0.2) is 0 Å². The zero-order chi connectivity index (χ0) is 15.8. The number of carboxylic acid groups (broad SMARTS) is 1. The first-order valence-corrected chi connectivity index (χ1v) is 6.53. The van der Waals surface area contributed by atoms with Crippen LogP contribution >= 0.6 is 0 Å². The molecule has 1 rings (SSSR count). The van der Waals surface area contributed by atoms with Crippen LogP contribution in [0.15, 0.2) is 24.3 Å². The van der Waals surface area contributed by atoms with Crippen molar-refractivity contribution in [1.82, 2.24) is 10.6 Å². The summed E-state index contributed by atoms with van der Waals surface area (Å²) in [5.74, 6) is -1.15. The maximum Gasteiger partial charge on any atom is 0.312 e. The second-order valence-corrected chi connectivity index (χ2v) is 4.72. The largest absolute Gasteiger partial charge is 0.481 e. The van der Waals surface area contributed by atoms with Gasteiger partial charge in [-0.2, -0.15) is 0 Å². The Bertz CT molecular complexity index is 513. The summed E-state index contributed by atoms with van der Waals surface area (Å²) in [4.78, 5) is 33.0. The molecule has 21 heavy (non-hydrogen) atoms. The van der Waals surface area contributed by atoms with Gasteiger partial charge in [0.2, 0.25) is 0 Å². The number of amides is 3. The minimum atomic E-state index is -0.887. The molecule has 1 unspecified atom stereocenters. The van der Waals surface area contributed by atoms with Crippen molar-refractivity contribution >= 4 is 17.9 Å². The summed E-state index contributed by atoms with van der Waals surface area (Å²) in [6.45, 7) is 2.05. The molecule has 5 N–H and O–H groups in total. The van der Waals surface area contributed by atoms with Crippen molar-refractivity contribution in [2.75, 3.05) is 0 Å². The average molecular weight is 293 g/mol. The number of hydrogen-bond acceptors (Lipinski definition) is 3. The standard InChI is InChI=1S/C14H19N3O4/c1-9(2-7-12(18)19)17-13(20)11-5-3-10(4-6-11)8-16-14(15)21/h3-6,9H,2,7-8H2,1H3,(H,17,20)(H,18,19)(H3,15,16,21). The number of carboxylic acids is 1. The minimum absolute atomic E-state index is 0.0131. The van der Waals surface area contributed by atoms with Gasteiger partial charge in [-0.1, -0.05) is 12.1 Å². The number of rotatable bonds is 7. The maximum absolute atomic E-state index is 11.9. The van der Waals surface area contributed by atoms with Gasteiger partial charge in [0, 0.05) is 24.6 Å². The van der Waals surface area contributed by atoms with Crippen molar-refractivity contribution < 1.29 is 19.5 Å². The normalized spacial score (nSPS) is 11.5. The number of carbonyl (C=O) groups excluding carboxylic acids is 2. The Balaban J connectivity index is 2.50. The van der Waals surface area contributed by atoms with Crippen LogP contribution < -0.4 is 16.4 Å². The Morgan fingerprint density at radius 3 is 2.38 bits per heavy atom. The number of aliphatic carboxylic acids is 1. The highest BCUT2D eigenvalue weighted by Gasteiger charge is 2.11. The van der Waals surface area contributed by atoms with Gasteiger partial charge < -0.3 is 21.5 Å². The van der Waals surface area contributed by atoms with E-state index in [1.54, 1.807) is 31.2 Å². The zero-order valence-electron chi connectivity index (χ0n) is 11.8. The Labute approximate surface area is 122 Å². The predicted molar refractivity (Wildman–Crippen MR) is 76.7 cm³/mol. The first kappa shape index (κ1) is 16.5. The molecule has 0 bridgehead atoms. The maximum atomic E-state index is 11.9. The molecule has 114 valence electrons. The number of nitrogens with two attached hydrogens (primary N) is 1. The van der Waals surface area contributed by atoms with E-state index in [9.17, 15) is 14.4 Å². The Morgan fingerprint density at radius 1 is 1.24 bits per heavy atom. The smallest absolute Gasteiger partial charge is 0.312 e. The van der Waals surface area contributed by atoms with Crippen LogP contribution in [0.25, 0.3) is 0 Å². The summed E-state index contributed by atoms with van der Waals surface area (Å²) in [6, 6.07) is 5.88. The molecule has 1 atom stereocenters. The Morgan fingerprint density at radius 2 is 1.86 bits per heavy atom. The van der Waals surface area contributed by atoms with Crippen molar-refractivity contribution in [1.29, 1.82) is 0 Å². The van der Waals surface area contributed by atoms with Crippen LogP contribution in [-0.2, 0) is 11.3 Å². The van der Waals surface area contributed by atoms with Gasteiger partial charge in [-0.3, -0.25) is 9.59 Å². The van der Waals surface area contributed by atoms with E-state index in [1.165, 1.54) is 0 Å². The number of primary amides is 1. The third-order valence-electron chi connectivity index (χ3n) is 2.85. The molecule has 0 fully saturated rings. The van der Waals surface area contributed by atoms with E-state index < -0.39 is 12.0 Å². The molecule has 0 saturated heterocycles. The summed E-state index contributed by atoms with van der Waals surface area (Å²) >= 11 is 0. The first-order valence-electron chi connectivity index (χ1n) is 6.53. The third-order valence-corrected chi connectivity index (χ3v) is 2.85. The Hall–Kier alpha value is -2.57. The summed E-state index contributed by atoms with van der Waals surface area (Å²) in [7, 11) is 0. The van der Waals surface area contributed by atoms with Crippen molar-refractivity contribution in [3.63, 3.8) is 0 Å². The fourth-order valence-corrected chi connectivity index (χ4v) is 1.68. The van der Waals surface area contributed by atoms with E-state index in [1.807, 2.05) is 0 Å². The lowest BCUT2D eigenvalue weighted by Gasteiger charge is -2.13. The van der Waals surface area contributed by atoms with E-state index in [2.05, 4.69) is 10.6 Å². The van der Waals surface area contributed by atoms with E-state index in [-0.39, 0.29) is 18.4 Å². The molecule has 3 amide bonds. The fraction of sp³-hybridized carbons (Fsp3) is 0.357. The molecule has 7 nitrogen and oxygen atoms in total. The molecule has 1 aromatic carbocycles. The molecule has 0 aliphatic carbocycles. The van der Waals surface area contributed by atoms with Crippen LogP contribution in [0.5, 0.6) is 0 Å². The number of nitrogens with one attached hydrogen (secondary N) is 2. The van der Waals surface area contributed by atoms with E-state index in [4.69, 9.17) is 10.8 Å². The molecule has 7 heteroatoms. The molecule has 0 heterocycles. The molecule has 0 aromatic heterocycles. The molecule has 0 radical (unpaired) electrons. The quantitative estimate of drug-likeness (QED) is 0.595. The van der Waals surface area contributed by atoms with Crippen LogP contribution in [0.4, 0.5) is 4.79 Å². The summed E-state index contributed by atoms with van der Waals surface area (Å²) in [5.41, 5.74) is 6.26. The zero-order valence-corrected chi connectivity index (χ0v) is 11.8. The third kappa shape index (κ3) is 6.42. The minimum Gasteiger partial charge on any atom is -0.481 e. The number of carbonyl (C=O) groups is 3. The van der Waals surface area contributed by atoms with Gasteiger partial charge in [0.05, 0.1) is 0 Å². The molecular weight excluding hydrogens is 274 g/mol. The summed E-state index contributed by atoms with van der Waals surface area (Å²) in [6.07, 6.45) is 0.390. The Kier molecular flexibility index (Phi) is 6.19. The van der Waals surface area contributed by atoms with Gasteiger partial charge >= 0.3 is 12.0 Å². The van der Waals surface area contributed by atoms with Gasteiger partial charge in [-0.15, -0.1) is 0 Å². The van der Waals surface area contributed by atoms with Crippen molar-refractivity contribution in [2.45, 2.75) is 32.4 Å². The molecule has 0 spiro atoms. The van der Waals surface area contributed by atoms with Crippen LogP contribution in [0.1, 0.15) is 35.7 Å². The monoisotopic (exact) mass is 293 g/mol. The van der Waals surface area contributed by atoms with Crippen molar-refractivity contribution in [3.8, 4) is 0 Å². The molecule has 0 aliphatic heterocycles. The number of urea groups is 1. The predicted octanol–water partition coefficient (Wildman–Crippen LogP) is 0.838. The lowest BCUT2D eigenvalue weighted by molar-refractivity contribution is -0.137. The van der Waals surface area contributed by atoms with Crippen molar-refractivity contribution in [2.24, 2.45) is 5.73 Å². The van der Waals surface area contributed by atoms with Gasteiger partial charge in [0.1, 0.15) is 0 Å². The summed E-state index contributed by atoms with van der Waals surface area (Å²) in [5, 5.41) is 13.8. The van der Waals surface area contributed by atoms with Crippen LogP contribution in [0.2, 0.25) is 0 Å². The topological polar surface area (TPSA) is 122 Å². The SMILES string of the molecule is CC(CCC(=O)O)NC(=O)c1ccc(CNC(N)=O)cc1. The average Bonchev–Trinajstić information content (AvgIpc) is 2.43. The molecule has 1 aromatic rings. The van der Waals surface area contributed by atoms with Crippen molar-refractivity contribution in [3.05, 3.63) is 35.4 Å². The highest BCUT2D eigenvalue weighted by Crippen LogP contribution is 2.06. The highest BCUT2D eigenvalue weighted by atomic mass is 16.4. The molecular formula is C14H19N3O4. The van der Waals surface area contributed by atoms with Gasteiger partial charge in [-0.05, 0) is 31.0 Å². The fourth-order valence-electron chi connectivity index (χ4n) is 1.68. The second kappa shape index (κ2) is 7.88. The number of benzene rings is 1. The van der Waals surface area contributed by atoms with E-state index >= 15 is 0 Å². The van der Waals surface area contributed by atoms with E-state index in [0.717, 1.165) is 5.56 Å². The lowest BCUT2D eigenvalue weighted by Crippen LogP contribution is -2.33. The lowest BCUT2D eigenvalue weighted by atomic mass is 10.1. The van der Waals surface area contributed by atoms with Gasteiger partial charge in [0.25, 0.3) is 5.91 Å². The second-order valence-electron chi connectivity index (χ2n) is 4.72. The number of hydrogen-bond donors (Lipinski definition) is 4. The van der Waals surface area contributed by atoms with Crippen LogP contribution in [-0.4, -0.2) is 29.1 Å². The first-order chi connectivity index (χ1) is 9.88. The molecule has 0 aliphatic rings. The molecule has 0 saturated carbocycles. The highest BCUT2D eigenvalue weighted by molar-refractivity contribution is 5.94. The van der Waals surface area contributed by atoms with Gasteiger partial charge in [-0.25, -0.2) is 4.79 Å². The van der Waals surface area contributed by atoms with Crippen LogP contribution in [0.3, 0.4) is 0 Å². The summed E-state index contributed by atoms with van der Waals surface area (Å²) < 4.78 is 0. The van der Waals surface area contributed by atoms with Crippen LogP contribution in [0, 0.1) is 0 Å².